The number of aromatic amines is 2. The first-order chi connectivity index (χ1) is 8.70. The maximum atomic E-state index is 11.8. The summed E-state index contributed by atoms with van der Waals surface area (Å²) in [5.74, 6) is 0. The number of aromatic nitrogens is 2. The lowest BCUT2D eigenvalue weighted by atomic mass is 10.0. The van der Waals surface area contributed by atoms with Crippen molar-refractivity contribution < 1.29 is 5.11 Å². The van der Waals surface area contributed by atoms with E-state index in [-0.39, 0.29) is 12.2 Å². The van der Waals surface area contributed by atoms with Crippen LogP contribution in [0, 0.1) is 4.77 Å². The molecule has 0 bridgehead atoms. The number of aliphatic hydroxyl groups is 1. The van der Waals surface area contributed by atoms with Crippen LogP contribution in [0.5, 0.6) is 0 Å². The Hall–Kier alpha value is -1.72. The minimum absolute atomic E-state index is 0.0600. The normalized spacial score (nSPS) is 10.5. The van der Waals surface area contributed by atoms with Crippen molar-refractivity contribution in [1.82, 2.24) is 9.97 Å². The van der Waals surface area contributed by atoms with Gasteiger partial charge in [-0.25, -0.2) is 0 Å². The van der Waals surface area contributed by atoms with Gasteiger partial charge in [0.2, 0.25) is 0 Å². The molecule has 0 radical (unpaired) electrons. The van der Waals surface area contributed by atoms with Gasteiger partial charge in [0.05, 0.1) is 0 Å². The predicted molar refractivity (Wildman–Crippen MR) is 72.3 cm³/mol. The first kappa shape index (κ1) is 12.7. The summed E-state index contributed by atoms with van der Waals surface area (Å²) in [6.45, 7) is -0.0600. The van der Waals surface area contributed by atoms with Crippen LogP contribution in [0.25, 0.3) is 0 Å². The number of rotatable bonds is 4. The topological polar surface area (TPSA) is 68.9 Å². The Labute approximate surface area is 109 Å². The lowest BCUT2D eigenvalue weighted by Crippen LogP contribution is -2.19. The Morgan fingerprint density at radius 2 is 1.89 bits per heavy atom. The van der Waals surface area contributed by atoms with Crippen molar-refractivity contribution in [3.8, 4) is 0 Å². The smallest absolute Gasteiger partial charge is 0.255 e. The molecule has 94 valence electrons. The lowest BCUT2D eigenvalue weighted by molar-refractivity contribution is 0.298. The van der Waals surface area contributed by atoms with E-state index in [2.05, 4.69) is 9.97 Å². The van der Waals surface area contributed by atoms with Crippen molar-refractivity contribution in [2.75, 3.05) is 6.61 Å². The van der Waals surface area contributed by atoms with Crippen LogP contribution >= 0.6 is 12.2 Å². The molecule has 0 amide bonds. The quantitative estimate of drug-likeness (QED) is 0.732. The summed E-state index contributed by atoms with van der Waals surface area (Å²) >= 11 is 4.97. The molecule has 1 heterocycles. The van der Waals surface area contributed by atoms with E-state index in [0.717, 1.165) is 11.3 Å². The van der Waals surface area contributed by atoms with E-state index in [1.807, 2.05) is 30.3 Å². The van der Waals surface area contributed by atoms with Gasteiger partial charge in [0.1, 0.15) is 0 Å². The summed E-state index contributed by atoms with van der Waals surface area (Å²) in [6.07, 6.45) is 0.924. The average Bonchev–Trinajstić information content (AvgIpc) is 2.35. The maximum Gasteiger partial charge on any atom is 0.255 e. The molecule has 18 heavy (non-hydrogen) atoms. The van der Waals surface area contributed by atoms with Gasteiger partial charge in [0, 0.05) is 30.7 Å². The molecule has 0 aliphatic carbocycles. The third kappa shape index (κ3) is 2.94. The Kier molecular flexibility index (Phi) is 4.07. The fourth-order valence-corrected chi connectivity index (χ4v) is 2.10. The summed E-state index contributed by atoms with van der Waals surface area (Å²) in [5.41, 5.74) is 2.20. The van der Waals surface area contributed by atoms with Gasteiger partial charge in [-0.2, -0.15) is 0 Å². The van der Waals surface area contributed by atoms with Gasteiger partial charge >= 0.3 is 0 Å². The second-order valence-electron chi connectivity index (χ2n) is 4.00. The van der Waals surface area contributed by atoms with Crippen LogP contribution in [0.1, 0.15) is 16.8 Å². The van der Waals surface area contributed by atoms with Crippen LogP contribution in [0.3, 0.4) is 0 Å². The molecule has 0 atom stereocenters. The molecule has 0 spiro atoms. The summed E-state index contributed by atoms with van der Waals surface area (Å²) in [4.78, 5) is 17.3. The van der Waals surface area contributed by atoms with Crippen molar-refractivity contribution in [3.05, 3.63) is 62.3 Å². The molecule has 2 aromatic rings. The largest absolute Gasteiger partial charge is 0.396 e. The van der Waals surface area contributed by atoms with Crippen LogP contribution in [-0.2, 0) is 12.8 Å². The van der Waals surface area contributed by atoms with Gasteiger partial charge in [0.25, 0.3) is 5.56 Å². The van der Waals surface area contributed by atoms with Crippen LogP contribution in [0.4, 0.5) is 0 Å². The fraction of sp³-hybridized carbons (Fsp3) is 0.231. The zero-order valence-electron chi connectivity index (χ0n) is 9.77. The number of H-pyrrole nitrogens is 2. The van der Waals surface area contributed by atoms with Crippen molar-refractivity contribution in [2.45, 2.75) is 12.8 Å². The predicted octanol–water partition coefficient (Wildman–Crippen LogP) is 1.56. The van der Waals surface area contributed by atoms with Crippen LogP contribution in [-0.4, -0.2) is 21.7 Å². The second kappa shape index (κ2) is 5.75. The summed E-state index contributed by atoms with van der Waals surface area (Å²) in [7, 11) is 0. The number of benzene rings is 1. The Bertz CT molecular complexity index is 631. The third-order valence-electron chi connectivity index (χ3n) is 2.72. The van der Waals surface area contributed by atoms with Crippen molar-refractivity contribution in [3.63, 3.8) is 0 Å². The molecule has 5 heteroatoms. The molecule has 0 aliphatic heterocycles. The van der Waals surface area contributed by atoms with E-state index in [4.69, 9.17) is 17.3 Å². The lowest BCUT2D eigenvalue weighted by Gasteiger charge is -2.07. The molecule has 0 saturated heterocycles. The molecule has 3 N–H and O–H groups in total. The molecule has 0 fully saturated rings. The van der Waals surface area contributed by atoms with Crippen LogP contribution in [0.2, 0.25) is 0 Å². The second-order valence-corrected chi connectivity index (χ2v) is 4.41. The van der Waals surface area contributed by atoms with E-state index in [9.17, 15) is 4.79 Å². The van der Waals surface area contributed by atoms with E-state index < -0.39 is 0 Å². The van der Waals surface area contributed by atoms with Crippen LogP contribution in [0.15, 0.2) is 35.1 Å². The Balaban J connectivity index is 2.43. The number of aliphatic hydroxyl groups excluding tert-OH is 1. The van der Waals surface area contributed by atoms with Crippen LogP contribution < -0.4 is 5.56 Å². The Morgan fingerprint density at radius 1 is 1.17 bits per heavy atom. The summed E-state index contributed by atoms with van der Waals surface area (Å²) in [5, 5.41) is 9.01. The molecular weight excluding hydrogens is 248 g/mol. The van der Waals surface area contributed by atoms with Gasteiger partial charge < -0.3 is 10.1 Å². The molecule has 0 aliphatic rings. The molecule has 1 aromatic heterocycles. The van der Waals surface area contributed by atoms with Gasteiger partial charge in [-0.15, -0.1) is 0 Å². The monoisotopic (exact) mass is 262 g/mol. The first-order valence-corrected chi connectivity index (χ1v) is 6.10. The zero-order valence-corrected chi connectivity index (χ0v) is 10.6. The van der Waals surface area contributed by atoms with Crippen molar-refractivity contribution in [2.24, 2.45) is 0 Å². The molecule has 4 nitrogen and oxygen atoms in total. The zero-order chi connectivity index (χ0) is 13.0. The minimum atomic E-state index is -0.223. The highest BCUT2D eigenvalue weighted by Crippen LogP contribution is 2.09. The fourth-order valence-electron chi connectivity index (χ4n) is 1.89. The first-order valence-electron chi connectivity index (χ1n) is 5.70. The van der Waals surface area contributed by atoms with E-state index in [1.165, 1.54) is 0 Å². The standard InChI is InChI=1S/C13H14N2O2S/c16-7-6-10-11(14-13(18)15-12(10)17)8-9-4-2-1-3-5-9/h1-5,16H,6-8H2,(H2,14,15,17,18). The van der Waals surface area contributed by atoms with Gasteiger partial charge in [-0.3, -0.25) is 9.78 Å². The number of hydrogen-bond acceptors (Lipinski definition) is 3. The third-order valence-corrected chi connectivity index (χ3v) is 2.92. The summed E-state index contributed by atoms with van der Waals surface area (Å²) < 4.78 is 0.313. The molecule has 1 aromatic carbocycles. The van der Waals surface area contributed by atoms with E-state index >= 15 is 0 Å². The highest BCUT2D eigenvalue weighted by Gasteiger charge is 2.08. The van der Waals surface area contributed by atoms with Crippen molar-refractivity contribution >= 4 is 12.2 Å². The summed E-state index contributed by atoms with van der Waals surface area (Å²) in [6, 6.07) is 9.81. The molecule has 0 saturated carbocycles. The minimum Gasteiger partial charge on any atom is -0.396 e. The molecule has 2 rings (SSSR count). The average molecular weight is 262 g/mol. The number of hydrogen-bond donors (Lipinski definition) is 3. The maximum absolute atomic E-state index is 11.8. The number of nitrogens with one attached hydrogen (secondary N) is 2. The van der Waals surface area contributed by atoms with E-state index in [1.54, 1.807) is 0 Å². The van der Waals surface area contributed by atoms with E-state index in [0.29, 0.717) is 23.2 Å². The molecule has 0 unspecified atom stereocenters. The highest BCUT2D eigenvalue weighted by atomic mass is 32.1. The molecular formula is C13H14N2O2S. The van der Waals surface area contributed by atoms with Gasteiger partial charge in [-0.1, -0.05) is 30.3 Å². The van der Waals surface area contributed by atoms with Gasteiger partial charge in [-0.05, 0) is 17.8 Å². The van der Waals surface area contributed by atoms with Gasteiger partial charge in [0.15, 0.2) is 4.77 Å². The highest BCUT2D eigenvalue weighted by molar-refractivity contribution is 7.71. The SMILES string of the molecule is O=c1[nH]c(=S)[nH]c(Cc2ccccc2)c1CCO. The van der Waals surface area contributed by atoms with Crippen molar-refractivity contribution in [1.29, 1.82) is 0 Å². The Morgan fingerprint density at radius 3 is 2.56 bits per heavy atom.